The molecule has 58 heavy (non-hydrogen) atoms. The fraction of sp³-hybridized carbons (Fsp3) is 0.438. The highest BCUT2D eigenvalue weighted by Crippen LogP contribution is 2.22. The quantitative estimate of drug-likeness (QED) is 0.0425. The van der Waals surface area contributed by atoms with Crippen LogP contribution in [0.4, 0.5) is 11.4 Å². The smallest absolute Gasteiger partial charge is 0.233 e. The first kappa shape index (κ1) is 48.1. The summed E-state index contributed by atoms with van der Waals surface area (Å²) in [6, 6.07) is 21.7. The van der Waals surface area contributed by atoms with Crippen LogP contribution in [0, 0.1) is 13.8 Å². The molecule has 2 aromatic carbocycles. The molecule has 314 valence electrons. The molecule has 2 amide bonds. The summed E-state index contributed by atoms with van der Waals surface area (Å²) in [4.78, 5) is 33.6. The summed E-state index contributed by atoms with van der Waals surface area (Å²) in [5, 5.41) is 2.25. The van der Waals surface area contributed by atoms with E-state index in [2.05, 4.69) is 172 Å². The molecule has 0 saturated heterocycles. The van der Waals surface area contributed by atoms with Crippen molar-refractivity contribution in [2.24, 2.45) is 0 Å². The second kappa shape index (κ2) is 26.0. The second-order valence-corrected chi connectivity index (χ2v) is 17.4. The third kappa shape index (κ3) is 16.9. The molecule has 0 aliphatic carbocycles. The van der Waals surface area contributed by atoms with Gasteiger partial charge in [0.1, 0.15) is 12.2 Å². The summed E-state index contributed by atoms with van der Waals surface area (Å²) in [5.41, 5.74) is 10.9. The van der Waals surface area contributed by atoms with Crippen LogP contribution in [0.3, 0.4) is 0 Å². The normalized spacial score (nSPS) is 12.1. The maximum Gasteiger partial charge on any atom is 0.233 e. The van der Waals surface area contributed by atoms with Crippen LogP contribution < -0.4 is 19.7 Å². The van der Waals surface area contributed by atoms with Gasteiger partial charge in [0, 0.05) is 105 Å². The summed E-state index contributed by atoms with van der Waals surface area (Å²) in [6.45, 7) is 18.1. The Hall–Kier alpha value is -4.25. The number of pyridine rings is 1. The standard InChI is InChI=1S/C48H69N6O2S2/c1-11-16-43(33-38(4)49-12-2)19-17-41-21-25-45(26-22-41)50(7)29-14-31-52(9)47(55)36-57-58-37-48(56)53(10)32-15-30-51(8)46-27-23-42(24-28-46)18-20-44-34-39(5)54(13-3)40(6)35-44/h16-28,33-35,49H,11-15,29-32,36-37H2,1-10H3/q+1/p+1/b19-17+,38-33-,43-16-. The monoisotopic (exact) mass is 826 g/mol. The minimum absolute atomic E-state index is 0.0870. The number of benzene rings is 2. The highest BCUT2D eigenvalue weighted by Gasteiger charge is 2.14. The van der Waals surface area contributed by atoms with Gasteiger partial charge < -0.3 is 24.9 Å². The lowest BCUT2D eigenvalue weighted by Crippen LogP contribution is -2.80. The summed E-state index contributed by atoms with van der Waals surface area (Å²) >= 11 is 0. The summed E-state index contributed by atoms with van der Waals surface area (Å²) in [5.74, 6) is 0.885. The van der Waals surface area contributed by atoms with Gasteiger partial charge in [-0.2, -0.15) is 0 Å². The fourth-order valence-electron chi connectivity index (χ4n) is 6.67. The number of nitrogens with two attached hydrogens (primary N) is 1. The Labute approximate surface area is 358 Å². The lowest BCUT2D eigenvalue weighted by Gasteiger charge is -2.22. The molecule has 0 spiro atoms. The van der Waals surface area contributed by atoms with E-state index in [4.69, 9.17) is 0 Å². The van der Waals surface area contributed by atoms with Crippen molar-refractivity contribution in [1.82, 2.24) is 9.80 Å². The lowest BCUT2D eigenvalue weighted by molar-refractivity contribution is -0.705. The molecule has 0 radical (unpaired) electrons. The molecule has 0 bridgehead atoms. The van der Waals surface area contributed by atoms with Gasteiger partial charge in [-0.3, -0.25) is 9.59 Å². The molecular weight excluding hydrogens is 757 g/mol. The van der Waals surface area contributed by atoms with Gasteiger partial charge >= 0.3 is 0 Å². The number of carbonyl (C=O) groups excluding carboxylic acids is 2. The first-order chi connectivity index (χ1) is 27.8. The van der Waals surface area contributed by atoms with Crippen molar-refractivity contribution < 1.29 is 19.5 Å². The number of aromatic nitrogens is 1. The van der Waals surface area contributed by atoms with Crippen LogP contribution in [0.1, 0.15) is 75.0 Å². The van der Waals surface area contributed by atoms with Crippen molar-refractivity contribution in [2.45, 2.75) is 67.3 Å². The highest BCUT2D eigenvalue weighted by molar-refractivity contribution is 8.77. The molecule has 3 aromatic rings. The number of nitrogens with zero attached hydrogens (tertiary/aromatic N) is 5. The molecule has 0 aliphatic rings. The van der Waals surface area contributed by atoms with E-state index < -0.39 is 0 Å². The van der Waals surface area contributed by atoms with E-state index >= 15 is 0 Å². The van der Waals surface area contributed by atoms with Gasteiger partial charge in [-0.25, -0.2) is 4.57 Å². The lowest BCUT2D eigenvalue weighted by atomic mass is 10.1. The van der Waals surface area contributed by atoms with Crippen LogP contribution in [-0.4, -0.2) is 94.0 Å². The largest absolute Gasteiger partial charge is 0.375 e. The number of amides is 2. The van der Waals surface area contributed by atoms with Gasteiger partial charge in [0.15, 0.2) is 11.4 Å². The summed E-state index contributed by atoms with van der Waals surface area (Å²) < 4.78 is 2.31. The van der Waals surface area contributed by atoms with Crippen molar-refractivity contribution >= 4 is 63.0 Å². The number of anilines is 2. The number of allylic oxidation sites excluding steroid dienone is 5. The third-order valence-corrected chi connectivity index (χ3v) is 12.3. The number of carbonyl (C=O) groups is 2. The summed E-state index contributed by atoms with van der Waals surface area (Å²) in [7, 11) is 10.8. The Bertz CT molecular complexity index is 1830. The molecule has 0 saturated carbocycles. The zero-order chi connectivity index (χ0) is 42.5. The van der Waals surface area contributed by atoms with E-state index in [0.717, 1.165) is 62.4 Å². The molecule has 0 atom stereocenters. The van der Waals surface area contributed by atoms with Gasteiger partial charge in [0.25, 0.3) is 0 Å². The number of aryl methyl sites for hydroxylation is 2. The van der Waals surface area contributed by atoms with Crippen molar-refractivity contribution in [3.63, 3.8) is 0 Å². The zero-order valence-electron chi connectivity index (χ0n) is 37.0. The Morgan fingerprint density at radius 3 is 1.59 bits per heavy atom. The predicted molar refractivity (Wildman–Crippen MR) is 253 cm³/mol. The molecule has 2 N–H and O–H groups in total. The summed E-state index contributed by atoms with van der Waals surface area (Å²) in [6.07, 6.45) is 15.9. The van der Waals surface area contributed by atoms with Gasteiger partial charge in [-0.1, -0.05) is 83.2 Å². The van der Waals surface area contributed by atoms with Gasteiger partial charge in [0.2, 0.25) is 11.8 Å². The van der Waals surface area contributed by atoms with Crippen LogP contribution in [0.25, 0.3) is 18.2 Å². The van der Waals surface area contributed by atoms with E-state index in [0.29, 0.717) is 24.6 Å². The maximum atomic E-state index is 12.8. The molecule has 0 aliphatic heterocycles. The molecule has 10 heteroatoms. The first-order valence-electron chi connectivity index (χ1n) is 20.8. The molecular formula is C48H70N6O2S2+2. The number of rotatable bonds is 24. The van der Waals surface area contributed by atoms with Crippen LogP contribution in [0.2, 0.25) is 0 Å². The first-order valence-corrected chi connectivity index (χ1v) is 23.3. The van der Waals surface area contributed by atoms with E-state index in [1.54, 1.807) is 9.80 Å². The van der Waals surface area contributed by atoms with Crippen LogP contribution in [0.15, 0.2) is 90.2 Å². The van der Waals surface area contributed by atoms with Crippen LogP contribution in [-0.2, 0) is 16.1 Å². The fourth-order valence-corrected chi connectivity index (χ4v) is 8.59. The Kier molecular flexibility index (Phi) is 21.5. The van der Waals surface area contributed by atoms with Crippen LogP contribution >= 0.6 is 21.6 Å². The molecule has 3 rings (SSSR count). The van der Waals surface area contributed by atoms with Crippen molar-refractivity contribution in [3.05, 3.63) is 118 Å². The molecule has 1 heterocycles. The minimum atomic E-state index is 0.0870. The zero-order valence-corrected chi connectivity index (χ0v) is 38.6. The van der Waals surface area contributed by atoms with E-state index in [1.807, 2.05) is 14.1 Å². The number of hydrogen-bond acceptors (Lipinski definition) is 6. The highest BCUT2D eigenvalue weighted by atomic mass is 33.1. The van der Waals surface area contributed by atoms with Crippen molar-refractivity contribution in [3.8, 4) is 0 Å². The van der Waals surface area contributed by atoms with Crippen molar-refractivity contribution in [2.75, 3.05) is 82.2 Å². The molecule has 0 fully saturated rings. The van der Waals surface area contributed by atoms with Crippen molar-refractivity contribution in [1.29, 1.82) is 0 Å². The van der Waals surface area contributed by atoms with Gasteiger partial charge in [-0.05, 0) is 79.6 Å². The predicted octanol–water partition coefficient (Wildman–Crippen LogP) is 8.27. The second-order valence-electron chi connectivity index (χ2n) is 15.0. The number of quaternary nitrogens is 1. The SMILES string of the molecule is CC/C=C(\C=C(\C)[NH2+]CC)/C=C/c1ccc(N(C)CCCN(C)C(=O)CSSCC(=O)N(C)CCCN(C)c2ccc(/C=C/c3cc(C)[n+](CC)c(C)c3)cc2)cc1. The van der Waals surface area contributed by atoms with Gasteiger partial charge in [0.05, 0.1) is 18.1 Å². The van der Waals surface area contributed by atoms with E-state index in [-0.39, 0.29) is 11.8 Å². The third-order valence-electron chi connectivity index (χ3n) is 10.2. The molecule has 8 nitrogen and oxygen atoms in total. The Morgan fingerprint density at radius 2 is 1.14 bits per heavy atom. The average Bonchev–Trinajstić information content (AvgIpc) is 3.20. The topological polar surface area (TPSA) is 67.6 Å². The van der Waals surface area contributed by atoms with Crippen LogP contribution in [0.5, 0.6) is 0 Å². The molecule has 0 unspecified atom stereocenters. The maximum absolute atomic E-state index is 12.8. The Balaban J connectivity index is 1.30. The van der Waals surface area contributed by atoms with E-state index in [9.17, 15) is 9.59 Å². The number of hydrogen-bond donors (Lipinski definition) is 1. The van der Waals surface area contributed by atoms with Gasteiger partial charge in [-0.15, -0.1) is 0 Å². The Morgan fingerprint density at radius 1 is 0.672 bits per heavy atom. The average molecular weight is 827 g/mol. The minimum Gasteiger partial charge on any atom is -0.375 e. The molecule has 1 aromatic heterocycles. The van der Waals surface area contributed by atoms with E-state index in [1.165, 1.54) is 55.4 Å².